The lowest BCUT2D eigenvalue weighted by Gasteiger charge is -1.98. The van der Waals surface area contributed by atoms with E-state index in [4.69, 9.17) is 0 Å². The molecule has 0 saturated carbocycles. The molecule has 1 aromatic carbocycles. The van der Waals surface area contributed by atoms with Crippen LogP contribution in [0.25, 0.3) is 10.2 Å². The maximum atomic E-state index is 4.44. The lowest BCUT2D eigenvalue weighted by molar-refractivity contribution is 1.01. The van der Waals surface area contributed by atoms with Gasteiger partial charge in [-0.05, 0) is 31.2 Å². The van der Waals surface area contributed by atoms with Gasteiger partial charge in [-0.1, -0.05) is 23.5 Å². The highest BCUT2D eigenvalue weighted by Gasteiger charge is 2.02. The van der Waals surface area contributed by atoms with Crippen molar-refractivity contribution < 1.29 is 0 Å². The Morgan fingerprint density at radius 3 is 2.89 bits per heavy atom. The van der Waals surface area contributed by atoms with E-state index >= 15 is 0 Å². The second-order valence-electron chi connectivity index (χ2n) is 3.90. The minimum Gasteiger partial charge on any atom is -0.252 e. The molecule has 3 aromatic rings. The zero-order chi connectivity index (χ0) is 13.1. The van der Waals surface area contributed by atoms with Crippen molar-refractivity contribution in [2.45, 2.75) is 6.92 Å². The number of anilines is 1. The van der Waals surface area contributed by atoms with Gasteiger partial charge in [0.25, 0.3) is 0 Å². The number of thiazole rings is 1. The van der Waals surface area contributed by atoms with E-state index in [0.29, 0.717) is 0 Å². The molecule has 6 heteroatoms. The van der Waals surface area contributed by atoms with E-state index < -0.39 is 0 Å². The first-order chi connectivity index (χ1) is 9.33. The van der Waals surface area contributed by atoms with E-state index in [1.54, 1.807) is 17.5 Å². The van der Waals surface area contributed by atoms with Gasteiger partial charge in [-0.15, -0.1) is 5.10 Å². The fourth-order valence-electron chi connectivity index (χ4n) is 1.60. The Labute approximate surface area is 114 Å². The van der Waals surface area contributed by atoms with Gasteiger partial charge in [-0.2, -0.15) is 10.2 Å². The Balaban J connectivity index is 1.82. The second kappa shape index (κ2) is 5.11. The Hall–Kier alpha value is -2.34. The summed E-state index contributed by atoms with van der Waals surface area (Å²) >= 11 is 1.57. The number of hydrogen-bond donors (Lipinski definition) is 1. The summed E-state index contributed by atoms with van der Waals surface area (Å²) in [4.78, 5) is 4.44. The van der Waals surface area contributed by atoms with Gasteiger partial charge in [0.1, 0.15) is 5.69 Å². The van der Waals surface area contributed by atoms with Crippen LogP contribution in [0.5, 0.6) is 0 Å². The number of rotatable bonds is 3. The van der Waals surface area contributed by atoms with E-state index in [1.165, 1.54) is 0 Å². The molecule has 94 valence electrons. The lowest BCUT2D eigenvalue weighted by Crippen LogP contribution is -2.02. The van der Waals surface area contributed by atoms with Gasteiger partial charge in [-0.3, -0.25) is 5.43 Å². The van der Waals surface area contributed by atoms with Gasteiger partial charge < -0.3 is 0 Å². The highest BCUT2D eigenvalue weighted by molar-refractivity contribution is 7.22. The molecule has 2 heterocycles. The SMILES string of the molecule is C/C(=N\Nc1nc2ccccc2s1)c1cccnn1. The molecule has 0 fully saturated rings. The van der Waals surface area contributed by atoms with Crippen LogP contribution in [0.15, 0.2) is 47.7 Å². The Bertz CT molecular complexity index is 687. The molecule has 0 radical (unpaired) electrons. The highest BCUT2D eigenvalue weighted by Crippen LogP contribution is 2.25. The zero-order valence-corrected chi connectivity index (χ0v) is 11.1. The first kappa shape index (κ1) is 11.7. The van der Waals surface area contributed by atoms with E-state index in [-0.39, 0.29) is 0 Å². The molecule has 0 amide bonds. The monoisotopic (exact) mass is 269 g/mol. The molecular weight excluding hydrogens is 258 g/mol. The lowest BCUT2D eigenvalue weighted by atomic mass is 10.3. The molecule has 5 nitrogen and oxygen atoms in total. The predicted octanol–water partition coefficient (Wildman–Crippen LogP) is 2.92. The number of benzene rings is 1. The Morgan fingerprint density at radius 1 is 1.21 bits per heavy atom. The fourth-order valence-corrected chi connectivity index (χ4v) is 2.41. The van der Waals surface area contributed by atoms with Gasteiger partial charge in [0.15, 0.2) is 0 Å². The summed E-state index contributed by atoms with van der Waals surface area (Å²) in [6.45, 7) is 1.88. The van der Waals surface area contributed by atoms with Crippen LogP contribution in [0, 0.1) is 0 Å². The van der Waals surface area contributed by atoms with Crippen LogP contribution < -0.4 is 5.43 Å². The quantitative estimate of drug-likeness (QED) is 0.586. The molecule has 0 spiro atoms. The van der Waals surface area contributed by atoms with Crippen LogP contribution in [0.3, 0.4) is 0 Å². The standard InChI is InChI=1S/C13H11N5S/c1-9(10-6-4-8-14-17-10)16-18-13-15-11-5-2-3-7-12(11)19-13/h2-8H,1H3,(H,15,18)/b16-9+. The molecule has 0 aliphatic rings. The number of fused-ring (bicyclic) bond motifs is 1. The molecule has 0 aliphatic heterocycles. The summed E-state index contributed by atoms with van der Waals surface area (Å²) in [5.41, 5.74) is 5.45. The van der Waals surface area contributed by atoms with E-state index in [1.807, 2.05) is 43.3 Å². The van der Waals surface area contributed by atoms with Crippen molar-refractivity contribution in [3.05, 3.63) is 48.3 Å². The van der Waals surface area contributed by atoms with Gasteiger partial charge >= 0.3 is 0 Å². The van der Waals surface area contributed by atoms with E-state index in [9.17, 15) is 0 Å². The van der Waals surface area contributed by atoms with Crippen molar-refractivity contribution in [1.29, 1.82) is 0 Å². The van der Waals surface area contributed by atoms with Crippen molar-refractivity contribution in [3.8, 4) is 0 Å². The molecule has 0 bridgehead atoms. The van der Waals surface area contributed by atoms with Crippen molar-refractivity contribution in [3.63, 3.8) is 0 Å². The molecule has 19 heavy (non-hydrogen) atoms. The van der Waals surface area contributed by atoms with Crippen LogP contribution >= 0.6 is 11.3 Å². The molecule has 0 atom stereocenters. The van der Waals surface area contributed by atoms with Crippen LogP contribution in [-0.4, -0.2) is 20.9 Å². The largest absolute Gasteiger partial charge is 0.252 e. The normalized spacial score (nSPS) is 11.7. The minimum atomic E-state index is 0.746. The molecule has 1 N–H and O–H groups in total. The smallest absolute Gasteiger partial charge is 0.204 e. The van der Waals surface area contributed by atoms with Crippen molar-refractivity contribution in [2.24, 2.45) is 5.10 Å². The average Bonchev–Trinajstić information content (AvgIpc) is 2.88. The zero-order valence-electron chi connectivity index (χ0n) is 10.2. The minimum absolute atomic E-state index is 0.746. The molecule has 3 rings (SSSR count). The van der Waals surface area contributed by atoms with Gasteiger partial charge in [0.05, 0.1) is 15.9 Å². The summed E-state index contributed by atoms with van der Waals surface area (Å²) < 4.78 is 1.14. The number of hydrazone groups is 1. The third kappa shape index (κ3) is 2.58. The maximum absolute atomic E-state index is 4.44. The van der Waals surface area contributed by atoms with Gasteiger partial charge in [0, 0.05) is 6.20 Å². The summed E-state index contributed by atoms with van der Waals surface area (Å²) in [6, 6.07) is 11.7. The number of hydrogen-bond acceptors (Lipinski definition) is 6. The van der Waals surface area contributed by atoms with Gasteiger partial charge in [0.2, 0.25) is 5.13 Å². The summed E-state index contributed by atoms with van der Waals surface area (Å²) in [5, 5.41) is 12.9. The highest BCUT2D eigenvalue weighted by atomic mass is 32.1. The number of nitrogens with zero attached hydrogens (tertiary/aromatic N) is 4. The van der Waals surface area contributed by atoms with E-state index in [2.05, 4.69) is 25.7 Å². The van der Waals surface area contributed by atoms with Crippen LogP contribution in [0.1, 0.15) is 12.6 Å². The van der Waals surface area contributed by atoms with Crippen LogP contribution in [0.4, 0.5) is 5.13 Å². The molecular formula is C13H11N5S. The summed E-state index contributed by atoms with van der Waals surface area (Å²) in [5.74, 6) is 0. The Morgan fingerprint density at radius 2 is 2.11 bits per heavy atom. The fraction of sp³-hybridized carbons (Fsp3) is 0.0769. The van der Waals surface area contributed by atoms with Crippen molar-refractivity contribution in [2.75, 3.05) is 5.43 Å². The molecule has 0 aliphatic carbocycles. The maximum Gasteiger partial charge on any atom is 0.204 e. The third-order valence-electron chi connectivity index (χ3n) is 2.56. The van der Waals surface area contributed by atoms with Crippen molar-refractivity contribution >= 4 is 32.4 Å². The first-order valence-corrected chi connectivity index (χ1v) is 6.58. The van der Waals surface area contributed by atoms with Crippen LogP contribution in [-0.2, 0) is 0 Å². The van der Waals surface area contributed by atoms with Crippen LogP contribution in [0.2, 0.25) is 0 Å². The first-order valence-electron chi connectivity index (χ1n) is 5.77. The molecule has 0 unspecified atom stereocenters. The second-order valence-corrected chi connectivity index (χ2v) is 4.94. The number of aromatic nitrogens is 3. The van der Waals surface area contributed by atoms with Gasteiger partial charge in [-0.25, -0.2) is 4.98 Å². The topological polar surface area (TPSA) is 63.1 Å². The average molecular weight is 269 g/mol. The predicted molar refractivity (Wildman–Crippen MR) is 77.5 cm³/mol. The van der Waals surface area contributed by atoms with E-state index in [0.717, 1.165) is 26.8 Å². The summed E-state index contributed by atoms with van der Waals surface area (Å²) in [7, 11) is 0. The number of para-hydroxylation sites is 1. The number of nitrogens with one attached hydrogen (secondary N) is 1. The Kier molecular flexibility index (Phi) is 3.16. The third-order valence-corrected chi connectivity index (χ3v) is 3.50. The van der Waals surface area contributed by atoms with Crippen molar-refractivity contribution in [1.82, 2.24) is 15.2 Å². The molecule has 0 saturated heterocycles. The molecule has 2 aromatic heterocycles. The summed E-state index contributed by atoms with van der Waals surface area (Å²) in [6.07, 6.45) is 1.64.